The van der Waals surface area contributed by atoms with Crippen LogP contribution in [0.2, 0.25) is 0 Å². The molecule has 0 aliphatic carbocycles. The van der Waals surface area contributed by atoms with E-state index in [0.29, 0.717) is 31.9 Å². The Bertz CT molecular complexity index is 994. The quantitative estimate of drug-likeness (QED) is 0.470. The number of benzene rings is 2. The number of nitrogens with one attached hydrogen (secondary N) is 1. The van der Waals surface area contributed by atoms with E-state index in [1.54, 1.807) is 11.0 Å². The molecule has 0 aliphatic rings. The average Bonchev–Trinajstić information content (AvgIpc) is 2.86. The first-order valence-electron chi connectivity index (χ1n) is 12.0. The maximum Gasteiger partial charge on any atom is 0.253 e. The first-order chi connectivity index (χ1) is 16.4. The highest BCUT2D eigenvalue weighted by molar-refractivity contribution is 6.00. The summed E-state index contributed by atoms with van der Waals surface area (Å²) in [6, 6.07) is 14.4. The summed E-state index contributed by atoms with van der Waals surface area (Å²) in [5.41, 5.74) is 9.32. The molecule has 0 fully saturated rings. The average molecular weight is 465 g/mol. The lowest BCUT2D eigenvalue weighted by Gasteiger charge is -2.22. The van der Waals surface area contributed by atoms with Crippen molar-refractivity contribution in [3.63, 3.8) is 0 Å². The Morgan fingerprint density at radius 2 is 1.74 bits per heavy atom. The highest BCUT2D eigenvalue weighted by Crippen LogP contribution is 2.14. The fourth-order valence-electron chi connectivity index (χ4n) is 3.64. The first kappa shape index (κ1) is 27.0. The molecule has 182 valence electrons. The maximum absolute atomic E-state index is 13.0. The number of hydrogen-bond donors (Lipinski definition) is 2. The Balaban J connectivity index is 1.96. The van der Waals surface area contributed by atoms with Crippen LogP contribution >= 0.6 is 0 Å². The number of carbonyl (C=O) groups excluding carboxylic acids is 2. The van der Waals surface area contributed by atoms with Gasteiger partial charge in [-0.15, -0.1) is 0 Å². The van der Waals surface area contributed by atoms with Gasteiger partial charge in [0.05, 0.1) is 24.8 Å². The van der Waals surface area contributed by atoms with E-state index in [4.69, 9.17) is 10.5 Å². The molecule has 3 N–H and O–H groups in total. The molecular formula is C27H36N4O3. The highest BCUT2D eigenvalue weighted by atomic mass is 16.5. The summed E-state index contributed by atoms with van der Waals surface area (Å²) in [6.45, 7) is 8.34. The second-order valence-corrected chi connectivity index (χ2v) is 8.36. The fraction of sp³-hybridized carbons (Fsp3) is 0.444. The maximum atomic E-state index is 13.0. The molecule has 0 bridgehead atoms. The lowest BCUT2D eigenvalue weighted by Crippen LogP contribution is -2.40. The predicted octanol–water partition coefficient (Wildman–Crippen LogP) is 3.66. The molecule has 2 aromatic rings. The van der Waals surface area contributed by atoms with E-state index >= 15 is 0 Å². The number of nitriles is 1. The molecule has 0 saturated heterocycles. The van der Waals surface area contributed by atoms with Crippen molar-refractivity contribution in [2.45, 2.75) is 52.7 Å². The summed E-state index contributed by atoms with van der Waals surface area (Å²) in [5, 5.41) is 12.2. The standard InChI is InChI=1S/C27H36N4O3/c1-4-10-31(11-5-2)27(33)24-14-22(16-28)13-23(15-24)26(32)30-17-25(29)19-34-18-21-9-7-8-20(6-3)12-21/h7-9,12-15,25H,4-6,10-11,17-19,29H2,1-3H3,(H,30,32). The Morgan fingerprint density at radius 1 is 1.06 bits per heavy atom. The zero-order valence-corrected chi connectivity index (χ0v) is 20.5. The third kappa shape index (κ3) is 8.29. The number of nitrogens with zero attached hydrogens (tertiary/aromatic N) is 2. The summed E-state index contributed by atoms with van der Waals surface area (Å²) in [5.74, 6) is -0.554. The summed E-state index contributed by atoms with van der Waals surface area (Å²) in [4.78, 5) is 27.4. The molecule has 7 heteroatoms. The van der Waals surface area contributed by atoms with E-state index in [0.717, 1.165) is 24.8 Å². The van der Waals surface area contributed by atoms with Crippen molar-refractivity contribution >= 4 is 11.8 Å². The van der Waals surface area contributed by atoms with E-state index in [9.17, 15) is 14.9 Å². The minimum absolute atomic E-state index is 0.174. The van der Waals surface area contributed by atoms with Crippen molar-refractivity contribution in [3.05, 3.63) is 70.3 Å². The van der Waals surface area contributed by atoms with Gasteiger partial charge in [-0.3, -0.25) is 9.59 Å². The summed E-state index contributed by atoms with van der Waals surface area (Å²) in [7, 11) is 0. The number of hydrogen-bond acceptors (Lipinski definition) is 5. The van der Waals surface area contributed by atoms with E-state index in [1.807, 2.05) is 32.0 Å². The third-order valence-corrected chi connectivity index (χ3v) is 5.37. The SMILES string of the molecule is CCCN(CCC)C(=O)c1cc(C#N)cc(C(=O)NCC(N)COCc2cccc(CC)c2)c1. The monoisotopic (exact) mass is 464 g/mol. The van der Waals surface area contributed by atoms with Crippen LogP contribution in [0.3, 0.4) is 0 Å². The molecule has 1 unspecified atom stereocenters. The number of ether oxygens (including phenoxy) is 1. The summed E-state index contributed by atoms with van der Waals surface area (Å²) >= 11 is 0. The van der Waals surface area contributed by atoms with Crippen LogP contribution < -0.4 is 11.1 Å². The Hall–Kier alpha value is -3.21. The van der Waals surface area contributed by atoms with Gasteiger partial charge in [-0.25, -0.2) is 0 Å². The van der Waals surface area contributed by atoms with Gasteiger partial charge in [-0.05, 0) is 48.6 Å². The van der Waals surface area contributed by atoms with Gasteiger partial charge in [-0.2, -0.15) is 5.26 Å². The third-order valence-electron chi connectivity index (χ3n) is 5.37. The van der Waals surface area contributed by atoms with Crippen LogP contribution in [-0.2, 0) is 17.8 Å². The molecule has 34 heavy (non-hydrogen) atoms. The van der Waals surface area contributed by atoms with E-state index in [2.05, 4.69) is 24.4 Å². The second kappa shape index (κ2) is 14.1. The van der Waals surface area contributed by atoms with E-state index in [1.165, 1.54) is 17.7 Å². The number of amides is 2. The summed E-state index contributed by atoms with van der Waals surface area (Å²) in [6.07, 6.45) is 2.64. The minimum Gasteiger partial charge on any atom is -0.375 e. The Labute approximate surface area is 202 Å². The summed E-state index contributed by atoms with van der Waals surface area (Å²) < 4.78 is 5.71. The molecule has 0 spiro atoms. The molecule has 0 saturated carbocycles. The fourth-order valence-corrected chi connectivity index (χ4v) is 3.64. The van der Waals surface area contributed by atoms with Crippen LogP contribution in [0.15, 0.2) is 42.5 Å². The van der Waals surface area contributed by atoms with Crippen LogP contribution in [-0.4, -0.2) is 49.0 Å². The zero-order chi connectivity index (χ0) is 24.9. The van der Waals surface area contributed by atoms with Gasteiger partial charge in [-0.1, -0.05) is 45.0 Å². The molecular weight excluding hydrogens is 428 g/mol. The normalized spacial score (nSPS) is 11.5. The molecule has 2 aromatic carbocycles. The smallest absolute Gasteiger partial charge is 0.253 e. The van der Waals surface area contributed by atoms with Crippen molar-refractivity contribution < 1.29 is 14.3 Å². The van der Waals surface area contributed by atoms with Gasteiger partial charge in [0.25, 0.3) is 11.8 Å². The largest absolute Gasteiger partial charge is 0.375 e. The molecule has 0 heterocycles. The van der Waals surface area contributed by atoms with E-state index in [-0.39, 0.29) is 35.5 Å². The van der Waals surface area contributed by atoms with E-state index < -0.39 is 0 Å². The molecule has 2 rings (SSSR count). The van der Waals surface area contributed by atoms with Crippen LogP contribution in [0.1, 0.15) is 71.0 Å². The molecule has 2 amide bonds. The van der Waals surface area contributed by atoms with Gasteiger partial charge >= 0.3 is 0 Å². The molecule has 0 aromatic heterocycles. The Morgan fingerprint density at radius 3 is 2.38 bits per heavy atom. The highest BCUT2D eigenvalue weighted by Gasteiger charge is 2.18. The molecule has 1 atom stereocenters. The van der Waals surface area contributed by atoms with Gasteiger partial charge in [0.1, 0.15) is 0 Å². The van der Waals surface area contributed by atoms with Gasteiger partial charge < -0.3 is 20.7 Å². The second-order valence-electron chi connectivity index (χ2n) is 8.36. The molecule has 0 radical (unpaired) electrons. The number of nitrogens with two attached hydrogens (primary N) is 1. The molecule has 7 nitrogen and oxygen atoms in total. The van der Waals surface area contributed by atoms with Crippen molar-refractivity contribution in [2.24, 2.45) is 5.73 Å². The van der Waals surface area contributed by atoms with Crippen LogP contribution in [0.25, 0.3) is 0 Å². The number of carbonyl (C=O) groups is 2. The first-order valence-corrected chi connectivity index (χ1v) is 12.0. The van der Waals surface area contributed by atoms with Gasteiger partial charge in [0.15, 0.2) is 0 Å². The minimum atomic E-state index is -0.386. The van der Waals surface area contributed by atoms with Gasteiger partial charge in [0, 0.05) is 36.8 Å². The lowest BCUT2D eigenvalue weighted by molar-refractivity contribution is 0.0755. The predicted molar refractivity (Wildman–Crippen MR) is 133 cm³/mol. The van der Waals surface area contributed by atoms with Crippen LogP contribution in [0, 0.1) is 11.3 Å². The number of rotatable bonds is 13. The lowest BCUT2D eigenvalue weighted by atomic mass is 10.0. The zero-order valence-electron chi connectivity index (χ0n) is 20.5. The van der Waals surface area contributed by atoms with Gasteiger partial charge in [0.2, 0.25) is 0 Å². The van der Waals surface area contributed by atoms with Crippen LogP contribution in [0.5, 0.6) is 0 Å². The number of aryl methyl sites for hydroxylation is 1. The van der Waals surface area contributed by atoms with Crippen molar-refractivity contribution in [2.75, 3.05) is 26.2 Å². The van der Waals surface area contributed by atoms with Crippen molar-refractivity contribution in [1.82, 2.24) is 10.2 Å². The van der Waals surface area contributed by atoms with Crippen molar-refractivity contribution in [3.8, 4) is 6.07 Å². The van der Waals surface area contributed by atoms with Crippen molar-refractivity contribution in [1.29, 1.82) is 5.26 Å². The Kier molecular flexibility index (Phi) is 11.2. The molecule has 0 aliphatic heterocycles. The topological polar surface area (TPSA) is 108 Å². The van der Waals surface area contributed by atoms with Crippen LogP contribution in [0.4, 0.5) is 0 Å².